The fraction of sp³-hybridized carbons (Fsp3) is 1.00. The summed E-state index contributed by atoms with van der Waals surface area (Å²) in [7, 11) is -1.74. The second kappa shape index (κ2) is 12.6. The zero-order valence-electron chi connectivity index (χ0n) is 22.1. The van der Waals surface area contributed by atoms with Gasteiger partial charge in [0.25, 0.3) is 0 Å². The molecule has 0 saturated heterocycles. The van der Waals surface area contributed by atoms with Crippen LogP contribution in [0.1, 0.15) is 27.7 Å². The molecule has 0 aliphatic heterocycles. The van der Waals surface area contributed by atoms with Crippen LogP contribution < -0.4 is 0 Å². The maximum absolute atomic E-state index is 15.3. The predicted molar refractivity (Wildman–Crippen MR) is 108 cm³/mol. The van der Waals surface area contributed by atoms with Crippen LogP contribution in [0, 0.1) is 0 Å². The summed E-state index contributed by atoms with van der Waals surface area (Å²) in [5.41, 5.74) is 0. The number of hydrogen-bond acceptors (Lipinski definition) is 3. The molecule has 260 valence electrons. The first-order chi connectivity index (χ1) is 18.6. The Balaban J connectivity index is 8.86. The topological polar surface area (TPSA) is 27.7 Å². The molecule has 3 nitrogen and oxygen atoms in total. The summed E-state index contributed by atoms with van der Waals surface area (Å²) in [6.45, 7) is -2.60. The minimum atomic E-state index is -11.0. The van der Waals surface area contributed by atoms with Crippen LogP contribution in [-0.4, -0.2) is 117 Å². The van der Waals surface area contributed by atoms with Crippen LogP contribution in [0.3, 0.4) is 0 Å². The van der Waals surface area contributed by atoms with Gasteiger partial charge >= 0.3 is 240 Å². The quantitative estimate of drug-likeness (QED) is 0.117. The molecule has 4 unspecified atom stereocenters. The van der Waals surface area contributed by atoms with Crippen molar-refractivity contribution >= 4 is 38.4 Å². The van der Waals surface area contributed by atoms with Crippen molar-refractivity contribution in [3.05, 3.63) is 0 Å². The average molecular weight is 904 g/mol. The first-order valence-corrected chi connectivity index (χ1v) is 21.4. The van der Waals surface area contributed by atoms with E-state index in [0.29, 0.717) is 0 Å². The molecule has 25 heteroatoms. The average Bonchev–Trinajstić information content (AvgIpc) is 2.83. The van der Waals surface area contributed by atoms with E-state index in [-0.39, 0.29) is 0 Å². The van der Waals surface area contributed by atoms with Crippen molar-refractivity contribution in [3.8, 4) is 0 Å². The zero-order valence-corrected chi connectivity index (χ0v) is 27.8. The fourth-order valence-corrected chi connectivity index (χ4v) is 39.6. The van der Waals surface area contributed by atoms with Crippen molar-refractivity contribution in [2.45, 2.75) is 91.8 Å². The van der Waals surface area contributed by atoms with E-state index in [1.807, 2.05) is 0 Å². The Morgan fingerprint density at radius 1 is 0.372 bits per heavy atom. The predicted octanol–water partition coefficient (Wildman–Crippen LogP) is 7.85. The van der Waals surface area contributed by atoms with Gasteiger partial charge in [0, 0.05) is 0 Å². The number of alkyl halides is 20. The van der Waals surface area contributed by atoms with E-state index in [2.05, 4.69) is 7.56 Å². The number of hydrogen-bond donors (Lipinski definition) is 0. The molecule has 0 saturated carbocycles. The molecule has 0 aromatic heterocycles. The molecule has 0 spiro atoms. The van der Waals surface area contributed by atoms with Crippen molar-refractivity contribution in [3.63, 3.8) is 0 Å². The Morgan fingerprint density at radius 3 is 0.605 bits per heavy atom. The second-order valence-corrected chi connectivity index (χ2v) is 30.0. The molecule has 0 bridgehead atoms. The van der Waals surface area contributed by atoms with Crippen molar-refractivity contribution < 1.29 is 95.4 Å². The minimum absolute atomic E-state index is 0.651. The van der Waals surface area contributed by atoms with Gasteiger partial charge in [0.2, 0.25) is 0 Å². The fourth-order valence-electron chi connectivity index (χ4n) is 3.33. The first kappa shape index (κ1) is 43.1. The Bertz CT molecular complexity index is 817. The zero-order chi connectivity index (χ0) is 35.4. The van der Waals surface area contributed by atoms with Gasteiger partial charge in [0.05, 0.1) is 0 Å². The standard InChI is InChI=1S/4C4H4F5.2CH3O.O.2Sn/c4*1-2(5)4(8,9)3(6)7;2*1-2;;;/h4*2H,1H3;2*1H3;;;/q;;;;2*-1;;2*+1. The van der Waals surface area contributed by atoms with Crippen molar-refractivity contribution in [1.82, 2.24) is 0 Å². The van der Waals surface area contributed by atoms with E-state index in [4.69, 9.17) is 0 Å². The molecular weight excluding hydrogens is 882 g/mol. The Hall–Kier alpha value is 0.0774. The van der Waals surface area contributed by atoms with Gasteiger partial charge in [-0.05, 0) is 0 Å². The van der Waals surface area contributed by atoms with Gasteiger partial charge < -0.3 is 0 Å². The molecule has 0 aromatic rings. The number of halogens is 20. The van der Waals surface area contributed by atoms with E-state index >= 15 is 35.1 Å². The van der Waals surface area contributed by atoms with Crippen LogP contribution in [0.5, 0.6) is 0 Å². The van der Waals surface area contributed by atoms with Crippen molar-refractivity contribution in [1.29, 1.82) is 0 Å². The molecule has 0 amide bonds. The van der Waals surface area contributed by atoms with E-state index in [9.17, 15) is 52.7 Å². The Labute approximate surface area is 239 Å². The normalized spacial score (nSPS) is 21.1. The molecule has 0 heterocycles. The van der Waals surface area contributed by atoms with Gasteiger partial charge in [-0.2, -0.15) is 0 Å². The second-order valence-electron chi connectivity index (χ2n) is 9.00. The summed E-state index contributed by atoms with van der Waals surface area (Å²) in [4.78, 5) is 0. The third-order valence-electron chi connectivity index (χ3n) is 6.19. The van der Waals surface area contributed by atoms with Crippen molar-refractivity contribution in [2.24, 2.45) is 0 Å². The summed E-state index contributed by atoms with van der Waals surface area (Å²) in [6.07, 6.45) is -18.3. The van der Waals surface area contributed by atoms with Gasteiger partial charge in [-0.25, -0.2) is 0 Å². The molecule has 0 rings (SSSR count). The van der Waals surface area contributed by atoms with E-state index in [1.54, 1.807) is 0 Å². The molecular formula is C18H22F20O3Sn2. The van der Waals surface area contributed by atoms with Gasteiger partial charge in [0.15, 0.2) is 0 Å². The van der Waals surface area contributed by atoms with Crippen LogP contribution in [0.15, 0.2) is 0 Å². The van der Waals surface area contributed by atoms with Gasteiger partial charge in [-0.3, -0.25) is 0 Å². The molecule has 0 aromatic carbocycles. The van der Waals surface area contributed by atoms with E-state index in [0.717, 1.165) is 0 Å². The third kappa shape index (κ3) is 5.79. The molecule has 0 N–H and O–H groups in total. The molecule has 0 radical (unpaired) electrons. The van der Waals surface area contributed by atoms with Crippen molar-refractivity contribution in [2.75, 3.05) is 14.2 Å². The molecule has 4 atom stereocenters. The summed E-state index contributed by atoms with van der Waals surface area (Å²) >= 11 is -21.9. The van der Waals surface area contributed by atoms with Crippen LogP contribution >= 0.6 is 0 Å². The third-order valence-corrected chi connectivity index (χ3v) is 35.4. The summed E-state index contributed by atoms with van der Waals surface area (Å²) < 4.78 is 271. The number of rotatable bonds is 16. The molecule has 0 fully saturated rings. The maximum atomic E-state index is 15.3. The van der Waals surface area contributed by atoms with Crippen LogP contribution in [-0.2, 0) is 7.56 Å². The Kier molecular flexibility index (Phi) is 12.6. The van der Waals surface area contributed by atoms with Gasteiger partial charge in [0.1, 0.15) is 0 Å². The SMILES string of the molecule is C[O][Sn]([O][Sn]([O]C)([C](F)(F)C(F)(F)C(C)F)[C](F)(F)C(F)(F)C(C)F)([C](F)(F)C(F)(F)C(C)F)[C](F)(F)C(F)(F)C(C)F. The molecule has 0 aliphatic carbocycles. The first-order valence-electron chi connectivity index (χ1n) is 11.0. The molecule has 0 aliphatic rings. The van der Waals surface area contributed by atoms with Crippen LogP contribution in [0.4, 0.5) is 87.8 Å². The monoisotopic (exact) mass is 906 g/mol. The summed E-state index contributed by atoms with van der Waals surface area (Å²) in [5.74, 6) is -27.9. The summed E-state index contributed by atoms with van der Waals surface area (Å²) in [5, 5.41) is 0. The van der Waals surface area contributed by atoms with E-state index in [1.165, 1.54) is 0 Å². The molecule has 43 heavy (non-hydrogen) atoms. The summed E-state index contributed by atoms with van der Waals surface area (Å²) in [6, 6.07) is 0. The van der Waals surface area contributed by atoms with Gasteiger partial charge in [-0.15, -0.1) is 0 Å². The van der Waals surface area contributed by atoms with Crippen LogP contribution in [0.25, 0.3) is 0 Å². The van der Waals surface area contributed by atoms with Gasteiger partial charge in [-0.1, -0.05) is 0 Å². The van der Waals surface area contributed by atoms with Crippen LogP contribution in [0.2, 0.25) is 0 Å². The Morgan fingerprint density at radius 2 is 0.512 bits per heavy atom. The van der Waals surface area contributed by atoms with E-state index < -0.39 is 144 Å².